The quantitative estimate of drug-likeness (QED) is 0.648. The maximum absolute atomic E-state index is 10.8. The summed E-state index contributed by atoms with van der Waals surface area (Å²) in [6, 6.07) is 10.7. The van der Waals surface area contributed by atoms with Gasteiger partial charge >= 0.3 is 5.97 Å². The number of carboxylic acid groups (broad SMARTS) is 1. The van der Waals surface area contributed by atoms with Gasteiger partial charge < -0.3 is 10.4 Å². The van der Waals surface area contributed by atoms with Crippen LogP contribution in [0.5, 0.6) is 0 Å². The SMILES string of the molecule is O=C(O)c1ccc(CNc2c(Br)cc(Br)cc2Br)cc1. The van der Waals surface area contributed by atoms with Crippen molar-refractivity contribution in [3.8, 4) is 0 Å². The second kappa shape index (κ2) is 6.74. The first-order valence-corrected chi connectivity index (χ1v) is 8.06. The molecule has 2 aromatic carbocycles. The summed E-state index contributed by atoms with van der Waals surface area (Å²) in [5, 5.41) is 12.2. The maximum Gasteiger partial charge on any atom is 0.335 e. The minimum atomic E-state index is -0.914. The first-order valence-electron chi connectivity index (χ1n) is 5.68. The van der Waals surface area contributed by atoms with E-state index in [0.717, 1.165) is 24.7 Å². The summed E-state index contributed by atoms with van der Waals surface area (Å²) >= 11 is 10.4. The van der Waals surface area contributed by atoms with Crippen LogP contribution < -0.4 is 5.32 Å². The molecule has 104 valence electrons. The molecule has 0 aliphatic carbocycles. The van der Waals surface area contributed by atoms with Crippen LogP contribution >= 0.6 is 47.8 Å². The predicted molar refractivity (Wildman–Crippen MR) is 90.3 cm³/mol. The number of hydrogen-bond donors (Lipinski definition) is 2. The fraction of sp³-hybridized carbons (Fsp3) is 0.0714. The lowest BCUT2D eigenvalue weighted by atomic mass is 10.1. The topological polar surface area (TPSA) is 49.3 Å². The van der Waals surface area contributed by atoms with E-state index in [1.807, 2.05) is 12.1 Å². The predicted octanol–water partition coefficient (Wildman–Crippen LogP) is 5.28. The molecule has 0 aromatic heterocycles. The van der Waals surface area contributed by atoms with Crippen molar-refractivity contribution in [3.63, 3.8) is 0 Å². The number of carboxylic acids is 1. The van der Waals surface area contributed by atoms with Gasteiger partial charge in [0.1, 0.15) is 0 Å². The summed E-state index contributed by atoms with van der Waals surface area (Å²) in [5.74, 6) is -0.914. The van der Waals surface area contributed by atoms with Crippen molar-refractivity contribution in [2.75, 3.05) is 5.32 Å². The van der Waals surface area contributed by atoms with Gasteiger partial charge in [-0.25, -0.2) is 4.79 Å². The molecule has 6 heteroatoms. The van der Waals surface area contributed by atoms with Gasteiger partial charge in [0, 0.05) is 20.0 Å². The van der Waals surface area contributed by atoms with E-state index in [2.05, 4.69) is 53.1 Å². The van der Waals surface area contributed by atoms with Crippen molar-refractivity contribution in [1.29, 1.82) is 0 Å². The normalized spacial score (nSPS) is 10.3. The molecule has 0 fully saturated rings. The number of halogens is 3. The van der Waals surface area contributed by atoms with Gasteiger partial charge in [-0.05, 0) is 61.7 Å². The lowest BCUT2D eigenvalue weighted by molar-refractivity contribution is 0.0697. The van der Waals surface area contributed by atoms with Crippen LogP contribution in [0.15, 0.2) is 49.8 Å². The summed E-state index contributed by atoms with van der Waals surface area (Å²) in [5.41, 5.74) is 2.26. The Morgan fingerprint density at radius 2 is 1.60 bits per heavy atom. The molecule has 0 atom stereocenters. The second-order valence-corrected chi connectivity index (χ2v) is 6.72. The molecule has 0 saturated heterocycles. The third-order valence-corrected chi connectivity index (χ3v) is 4.39. The Hall–Kier alpha value is -0.850. The molecule has 0 heterocycles. The van der Waals surface area contributed by atoms with Crippen LogP contribution in [0.2, 0.25) is 0 Å². The molecular formula is C14H10Br3NO2. The molecule has 0 spiro atoms. The number of carbonyl (C=O) groups is 1. The van der Waals surface area contributed by atoms with Gasteiger partial charge in [-0.15, -0.1) is 0 Å². The molecule has 0 bridgehead atoms. The Bertz CT molecular complexity index is 618. The van der Waals surface area contributed by atoms with Crippen molar-refractivity contribution in [3.05, 3.63) is 60.9 Å². The first-order chi connectivity index (χ1) is 9.47. The Morgan fingerprint density at radius 3 is 2.10 bits per heavy atom. The molecule has 20 heavy (non-hydrogen) atoms. The van der Waals surface area contributed by atoms with Crippen LogP contribution in [-0.2, 0) is 6.54 Å². The molecule has 0 amide bonds. The van der Waals surface area contributed by atoms with Crippen LogP contribution in [0.1, 0.15) is 15.9 Å². The number of anilines is 1. The first kappa shape index (κ1) is 15.5. The average Bonchev–Trinajstić information content (AvgIpc) is 2.38. The Kier molecular flexibility index (Phi) is 5.23. The highest BCUT2D eigenvalue weighted by molar-refractivity contribution is 9.11. The van der Waals surface area contributed by atoms with E-state index in [4.69, 9.17) is 5.11 Å². The Labute approximate surface area is 141 Å². The van der Waals surface area contributed by atoms with E-state index in [9.17, 15) is 4.79 Å². The highest BCUT2D eigenvalue weighted by Gasteiger charge is 2.07. The summed E-state index contributed by atoms with van der Waals surface area (Å²) in [7, 11) is 0. The van der Waals surface area contributed by atoms with Crippen molar-refractivity contribution in [2.45, 2.75) is 6.54 Å². The maximum atomic E-state index is 10.8. The van der Waals surface area contributed by atoms with E-state index in [1.165, 1.54) is 0 Å². The lowest BCUT2D eigenvalue weighted by Gasteiger charge is -2.11. The van der Waals surface area contributed by atoms with Crippen LogP contribution in [0.3, 0.4) is 0 Å². The standard InChI is InChI=1S/C14H10Br3NO2/c15-10-5-11(16)13(12(17)6-10)18-7-8-1-3-9(4-2-8)14(19)20/h1-6,18H,7H2,(H,19,20). The largest absolute Gasteiger partial charge is 0.478 e. The van der Waals surface area contributed by atoms with E-state index in [-0.39, 0.29) is 0 Å². The Morgan fingerprint density at radius 1 is 1.05 bits per heavy atom. The number of nitrogens with one attached hydrogen (secondary N) is 1. The summed E-state index contributed by atoms with van der Waals surface area (Å²) in [6.45, 7) is 0.610. The number of aromatic carboxylic acids is 1. The van der Waals surface area contributed by atoms with Gasteiger partial charge in [0.15, 0.2) is 0 Å². The van der Waals surface area contributed by atoms with E-state index < -0.39 is 5.97 Å². The van der Waals surface area contributed by atoms with Crippen molar-refractivity contribution in [1.82, 2.24) is 0 Å². The zero-order valence-electron chi connectivity index (χ0n) is 10.2. The van der Waals surface area contributed by atoms with Crippen molar-refractivity contribution in [2.24, 2.45) is 0 Å². The summed E-state index contributed by atoms with van der Waals surface area (Å²) < 4.78 is 2.87. The van der Waals surface area contributed by atoms with Crippen LogP contribution in [0.25, 0.3) is 0 Å². The second-order valence-electron chi connectivity index (χ2n) is 4.10. The van der Waals surface area contributed by atoms with Gasteiger partial charge in [-0.1, -0.05) is 28.1 Å². The van der Waals surface area contributed by atoms with E-state index in [0.29, 0.717) is 12.1 Å². The van der Waals surface area contributed by atoms with E-state index in [1.54, 1.807) is 24.3 Å². The Balaban J connectivity index is 2.11. The molecule has 0 aliphatic rings. The molecular weight excluding hydrogens is 454 g/mol. The number of hydrogen-bond acceptors (Lipinski definition) is 2. The fourth-order valence-electron chi connectivity index (χ4n) is 1.67. The fourth-order valence-corrected chi connectivity index (χ4v) is 4.21. The summed E-state index contributed by atoms with van der Waals surface area (Å²) in [6.07, 6.45) is 0. The zero-order valence-corrected chi connectivity index (χ0v) is 14.9. The smallest absolute Gasteiger partial charge is 0.335 e. The minimum Gasteiger partial charge on any atom is -0.478 e. The molecule has 0 radical (unpaired) electrons. The summed E-state index contributed by atoms with van der Waals surface area (Å²) in [4.78, 5) is 10.8. The minimum absolute atomic E-state index is 0.291. The molecule has 0 aliphatic heterocycles. The van der Waals surface area contributed by atoms with Crippen LogP contribution in [0, 0.1) is 0 Å². The third-order valence-electron chi connectivity index (χ3n) is 2.68. The molecule has 3 nitrogen and oxygen atoms in total. The molecule has 2 N–H and O–H groups in total. The molecule has 2 aromatic rings. The monoisotopic (exact) mass is 461 g/mol. The molecule has 0 unspecified atom stereocenters. The zero-order chi connectivity index (χ0) is 14.7. The van der Waals surface area contributed by atoms with Gasteiger partial charge in [-0.3, -0.25) is 0 Å². The van der Waals surface area contributed by atoms with E-state index >= 15 is 0 Å². The molecule has 0 saturated carbocycles. The lowest BCUT2D eigenvalue weighted by Crippen LogP contribution is -2.02. The highest BCUT2D eigenvalue weighted by atomic mass is 79.9. The third kappa shape index (κ3) is 3.84. The number of benzene rings is 2. The average molecular weight is 464 g/mol. The molecule has 2 rings (SSSR count). The van der Waals surface area contributed by atoms with Crippen molar-refractivity contribution >= 4 is 59.4 Å². The van der Waals surface area contributed by atoms with Crippen LogP contribution in [-0.4, -0.2) is 11.1 Å². The van der Waals surface area contributed by atoms with Gasteiger partial charge in [0.05, 0.1) is 11.3 Å². The van der Waals surface area contributed by atoms with Gasteiger partial charge in [0.25, 0.3) is 0 Å². The van der Waals surface area contributed by atoms with Gasteiger partial charge in [-0.2, -0.15) is 0 Å². The highest BCUT2D eigenvalue weighted by Crippen LogP contribution is 2.34. The van der Waals surface area contributed by atoms with Crippen molar-refractivity contribution < 1.29 is 9.90 Å². The van der Waals surface area contributed by atoms with Gasteiger partial charge in [0.2, 0.25) is 0 Å². The van der Waals surface area contributed by atoms with Crippen LogP contribution in [0.4, 0.5) is 5.69 Å². The number of rotatable bonds is 4.